The van der Waals surface area contributed by atoms with Crippen LogP contribution in [0.25, 0.3) is 0 Å². The molecule has 1 amide bonds. The van der Waals surface area contributed by atoms with Crippen LogP contribution in [-0.2, 0) is 10.3 Å². The van der Waals surface area contributed by atoms with Gasteiger partial charge in [-0.3, -0.25) is 20.1 Å². The fourth-order valence-corrected chi connectivity index (χ4v) is 2.07. The van der Waals surface area contributed by atoms with E-state index < -0.39 is 5.54 Å². The van der Waals surface area contributed by atoms with Crippen LogP contribution in [0, 0.1) is 6.92 Å². The summed E-state index contributed by atoms with van der Waals surface area (Å²) >= 11 is 0. The molecule has 2 aliphatic rings. The second-order valence-corrected chi connectivity index (χ2v) is 4.90. The lowest BCUT2D eigenvalue weighted by Crippen LogP contribution is -2.42. The molecule has 18 heavy (non-hydrogen) atoms. The molecule has 94 valence electrons. The second-order valence-electron chi connectivity index (χ2n) is 4.90. The number of guanidine groups is 1. The number of hydrogen-bond acceptors (Lipinski definition) is 4. The zero-order valence-corrected chi connectivity index (χ0v) is 10.4. The van der Waals surface area contributed by atoms with E-state index in [2.05, 4.69) is 25.6 Å². The van der Waals surface area contributed by atoms with Crippen LogP contribution in [0.5, 0.6) is 0 Å². The fraction of sp³-hybridized carbons (Fsp3) is 0.500. The van der Waals surface area contributed by atoms with Gasteiger partial charge < -0.3 is 5.32 Å². The number of aromatic nitrogens is 2. The van der Waals surface area contributed by atoms with Gasteiger partial charge in [0.15, 0.2) is 11.5 Å². The van der Waals surface area contributed by atoms with Gasteiger partial charge in [0.05, 0.1) is 17.4 Å². The maximum atomic E-state index is 12.1. The quantitative estimate of drug-likeness (QED) is 0.782. The van der Waals surface area contributed by atoms with Gasteiger partial charge in [0, 0.05) is 12.4 Å². The van der Waals surface area contributed by atoms with E-state index in [1.807, 2.05) is 6.92 Å². The third-order valence-corrected chi connectivity index (χ3v) is 3.27. The van der Waals surface area contributed by atoms with Gasteiger partial charge in [-0.1, -0.05) is 0 Å². The summed E-state index contributed by atoms with van der Waals surface area (Å²) < 4.78 is 0. The predicted molar refractivity (Wildman–Crippen MR) is 65.9 cm³/mol. The smallest absolute Gasteiger partial charge is 0.258 e. The highest BCUT2D eigenvalue weighted by molar-refractivity contribution is 6.09. The van der Waals surface area contributed by atoms with Gasteiger partial charge >= 0.3 is 0 Å². The average molecular weight is 245 g/mol. The highest BCUT2D eigenvalue weighted by atomic mass is 16.2. The van der Waals surface area contributed by atoms with Crippen LogP contribution in [0.2, 0.25) is 0 Å². The van der Waals surface area contributed by atoms with Crippen molar-refractivity contribution in [3.8, 4) is 0 Å². The van der Waals surface area contributed by atoms with Crippen LogP contribution in [0.4, 0.5) is 0 Å². The van der Waals surface area contributed by atoms with Crippen molar-refractivity contribution in [1.82, 2.24) is 20.6 Å². The molecule has 1 aromatic heterocycles. The monoisotopic (exact) mass is 245 g/mol. The summed E-state index contributed by atoms with van der Waals surface area (Å²) in [4.78, 5) is 25.0. The van der Waals surface area contributed by atoms with E-state index >= 15 is 0 Å². The molecular formula is C12H15N5O. The molecule has 0 spiro atoms. The maximum absolute atomic E-state index is 12.1. The van der Waals surface area contributed by atoms with E-state index in [1.165, 1.54) is 0 Å². The molecule has 2 fully saturated rings. The van der Waals surface area contributed by atoms with Gasteiger partial charge in [0.2, 0.25) is 0 Å². The van der Waals surface area contributed by atoms with E-state index in [9.17, 15) is 4.79 Å². The molecule has 0 aromatic carbocycles. The Kier molecular flexibility index (Phi) is 2.33. The summed E-state index contributed by atoms with van der Waals surface area (Å²) in [7, 11) is 0. The molecule has 6 nitrogen and oxygen atoms in total. The molecular weight excluding hydrogens is 230 g/mol. The molecule has 6 heteroatoms. The van der Waals surface area contributed by atoms with Crippen molar-refractivity contribution in [1.29, 1.82) is 0 Å². The maximum Gasteiger partial charge on any atom is 0.258 e. The van der Waals surface area contributed by atoms with Gasteiger partial charge in [-0.2, -0.15) is 0 Å². The summed E-state index contributed by atoms with van der Waals surface area (Å²) in [6, 6.07) is 0.359. The van der Waals surface area contributed by atoms with Gasteiger partial charge in [-0.15, -0.1) is 0 Å². The Bertz CT molecular complexity index is 537. The minimum Gasteiger partial charge on any atom is -0.337 e. The van der Waals surface area contributed by atoms with Gasteiger partial charge in [-0.25, -0.2) is 4.99 Å². The Labute approximate surface area is 105 Å². The molecule has 1 aliphatic carbocycles. The minimum atomic E-state index is -0.883. The third-order valence-electron chi connectivity index (χ3n) is 3.27. The Morgan fingerprint density at radius 3 is 2.78 bits per heavy atom. The lowest BCUT2D eigenvalue weighted by atomic mass is 9.96. The van der Waals surface area contributed by atoms with Crippen LogP contribution < -0.4 is 10.6 Å². The minimum absolute atomic E-state index is 0.134. The first kappa shape index (κ1) is 11.1. The van der Waals surface area contributed by atoms with Crippen molar-refractivity contribution < 1.29 is 4.79 Å². The molecule has 1 aromatic rings. The first-order valence-electron chi connectivity index (χ1n) is 6.05. The number of nitrogens with one attached hydrogen (secondary N) is 2. The van der Waals surface area contributed by atoms with E-state index in [1.54, 1.807) is 19.3 Å². The third kappa shape index (κ3) is 1.73. The first-order chi connectivity index (χ1) is 8.59. The SMILES string of the molecule is Cc1nccnc1C1(C)NC(=NC2CC2)NC1=O. The van der Waals surface area contributed by atoms with E-state index in [0.717, 1.165) is 18.5 Å². The van der Waals surface area contributed by atoms with Crippen LogP contribution in [-0.4, -0.2) is 27.9 Å². The number of hydrogen-bond donors (Lipinski definition) is 2. The fourth-order valence-electron chi connectivity index (χ4n) is 2.07. The summed E-state index contributed by atoms with van der Waals surface area (Å²) in [5.74, 6) is 0.417. The largest absolute Gasteiger partial charge is 0.337 e. The van der Waals surface area contributed by atoms with E-state index in [0.29, 0.717) is 17.7 Å². The van der Waals surface area contributed by atoms with Gasteiger partial charge in [0.25, 0.3) is 5.91 Å². The van der Waals surface area contributed by atoms with Crippen LogP contribution in [0.15, 0.2) is 17.4 Å². The molecule has 1 atom stereocenters. The normalized spacial score (nSPS) is 29.2. The topological polar surface area (TPSA) is 79.3 Å². The number of nitrogens with zero attached hydrogens (tertiary/aromatic N) is 3. The van der Waals surface area contributed by atoms with Gasteiger partial charge in [-0.05, 0) is 26.7 Å². The van der Waals surface area contributed by atoms with Crippen molar-refractivity contribution in [2.75, 3.05) is 0 Å². The number of rotatable bonds is 2. The molecule has 0 bridgehead atoms. The Hall–Kier alpha value is -1.98. The van der Waals surface area contributed by atoms with Crippen molar-refractivity contribution in [3.05, 3.63) is 23.8 Å². The number of carbonyl (C=O) groups is 1. The second kappa shape index (κ2) is 3.76. The summed E-state index contributed by atoms with van der Waals surface area (Å²) in [5, 5.41) is 5.91. The summed E-state index contributed by atoms with van der Waals surface area (Å²) in [6.07, 6.45) is 5.41. The molecule has 2 N–H and O–H groups in total. The zero-order valence-electron chi connectivity index (χ0n) is 10.4. The Balaban J connectivity index is 1.95. The Morgan fingerprint density at radius 1 is 1.39 bits per heavy atom. The van der Waals surface area contributed by atoms with Crippen molar-refractivity contribution in [3.63, 3.8) is 0 Å². The number of amides is 1. The Morgan fingerprint density at radius 2 is 2.11 bits per heavy atom. The molecule has 2 heterocycles. The standard InChI is InChI=1S/C12H15N5O/c1-7-9(14-6-5-13-7)12(2)10(18)16-11(17-12)15-8-3-4-8/h5-6,8H,3-4H2,1-2H3,(H2,15,16,17,18). The van der Waals surface area contributed by atoms with Gasteiger partial charge in [0.1, 0.15) is 0 Å². The zero-order chi connectivity index (χ0) is 12.8. The number of aliphatic imine (C=N–C) groups is 1. The molecule has 1 saturated heterocycles. The van der Waals surface area contributed by atoms with Crippen molar-refractivity contribution in [2.24, 2.45) is 4.99 Å². The van der Waals surface area contributed by atoms with E-state index in [4.69, 9.17) is 0 Å². The lowest BCUT2D eigenvalue weighted by Gasteiger charge is -2.21. The lowest BCUT2D eigenvalue weighted by molar-refractivity contribution is -0.123. The highest BCUT2D eigenvalue weighted by Gasteiger charge is 2.45. The number of aryl methyl sites for hydroxylation is 1. The van der Waals surface area contributed by atoms with E-state index in [-0.39, 0.29) is 5.91 Å². The molecule has 3 rings (SSSR count). The molecule has 1 unspecified atom stereocenters. The van der Waals surface area contributed by atoms with Crippen LogP contribution >= 0.6 is 0 Å². The molecule has 1 saturated carbocycles. The molecule has 1 aliphatic heterocycles. The van der Waals surface area contributed by atoms with Crippen molar-refractivity contribution >= 4 is 11.9 Å². The van der Waals surface area contributed by atoms with Crippen molar-refractivity contribution in [2.45, 2.75) is 38.3 Å². The predicted octanol–water partition coefficient (Wildman–Crippen LogP) is 0.238. The summed E-state index contributed by atoms with van der Waals surface area (Å²) in [6.45, 7) is 3.65. The first-order valence-corrected chi connectivity index (χ1v) is 6.05. The van der Waals surface area contributed by atoms with Crippen LogP contribution in [0.1, 0.15) is 31.2 Å². The number of carbonyl (C=O) groups excluding carboxylic acids is 1. The highest BCUT2D eigenvalue weighted by Crippen LogP contribution is 2.27. The van der Waals surface area contributed by atoms with Crippen LogP contribution in [0.3, 0.4) is 0 Å². The molecule has 0 radical (unpaired) electrons. The average Bonchev–Trinajstić information content (AvgIpc) is 3.07. The summed E-state index contributed by atoms with van der Waals surface area (Å²) in [5.41, 5.74) is 0.505.